The van der Waals surface area contributed by atoms with Gasteiger partial charge in [-0.3, -0.25) is 0 Å². The molecule has 0 amide bonds. The summed E-state index contributed by atoms with van der Waals surface area (Å²) in [5.74, 6) is 0.507. The second-order valence-corrected chi connectivity index (χ2v) is 11.5. The lowest BCUT2D eigenvalue weighted by Gasteiger charge is -2.29. The molecule has 0 spiro atoms. The van der Waals surface area contributed by atoms with Gasteiger partial charge in [-0.25, -0.2) is 9.18 Å². The molecule has 0 N–H and O–H groups in total. The Hall–Kier alpha value is -2.07. The molecule has 3 rings (SSSR count). The van der Waals surface area contributed by atoms with Crippen LogP contribution in [0, 0.1) is 0 Å². The fourth-order valence-electron chi connectivity index (χ4n) is 5.42. The fraction of sp³-hybridized carbons (Fsp3) is 0.618. The van der Waals surface area contributed by atoms with Gasteiger partial charge in [0.2, 0.25) is 0 Å². The van der Waals surface area contributed by atoms with E-state index in [9.17, 15) is 9.18 Å². The average Bonchev–Trinajstić information content (AvgIpc) is 2.96. The number of alkyl halides is 1. The van der Waals surface area contributed by atoms with Crippen LogP contribution < -0.4 is 4.74 Å². The van der Waals surface area contributed by atoms with Crippen molar-refractivity contribution < 1.29 is 18.7 Å². The highest BCUT2D eigenvalue weighted by Crippen LogP contribution is 2.36. The smallest absolute Gasteiger partial charge is 0.340 e. The van der Waals surface area contributed by atoms with Crippen LogP contribution in [0.2, 0.25) is 5.02 Å². The molecule has 0 heterocycles. The maximum Gasteiger partial charge on any atom is 0.340 e. The van der Waals surface area contributed by atoms with Gasteiger partial charge in [0.25, 0.3) is 0 Å². The first-order chi connectivity index (χ1) is 19.0. The molecule has 1 atom stereocenters. The lowest BCUT2D eigenvalue weighted by Crippen LogP contribution is -2.28. The summed E-state index contributed by atoms with van der Waals surface area (Å²) in [7, 11) is 0. The molecule has 0 unspecified atom stereocenters. The van der Waals surface area contributed by atoms with Crippen molar-refractivity contribution >= 4 is 17.6 Å². The minimum absolute atomic E-state index is 0.161. The average molecular weight is 559 g/mol. The summed E-state index contributed by atoms with van der Waals surface area (Å²) in [6, 6.07) is 14.7. The van der Waals surface area contributed by atoms with Gasteiger partial charge >= 0.3 is 5.97 Å². The van der Waals surface area contributed by atoms with Crippen molar-refractivity contribution in [1.82, 2.24) is 0 Å². The van der Waals surface area contributed by atoms with E-state index in [2.05, 4.69) is 37.3 Å². The van der Waals surface area contributed by atoms with Crippen molar-refractivity contribution in [3.63, 3.8) is 0 Å². The van der Waals surface area contributed by atoms with Crippen LogP contribution in [0.5, 0.6) is 5.75 Å². The predicted octanol–water partition coefficient (Wildman–Crippen LogP) is 10.6. The topological polar surface area (TPSA) is 35.5 Å². The molecule has 1 fully saturated rings. The molecule has 0 saturated heterocycles. The molecule has 0 aromatic heterocycles. The van der Waals surface area contributed by atoms with Crippen molar-refractivity contribution in [2.24, 2.45) is 0 Å². The van der Waals surface area contributed by atoms with E-state index in [0.717, 1.165) is 55.4 Å². The molecule has 2 aromatic rings. The standard InChI is InChI=1S/C34H48ClFO3/c1-3-5-7-8-9-10-11-12-24-38-33-23-20-29(25-31(33)35)28-16-14-26(15-17-28)27-18-21-30(22-19-27)39-34(37)32(36)13-6-4-2/h14-17,20,23,25,27,30,32H,3-13,18-19,21-22,24H2,1-2H3/t27?,30?,32-/m0/s1. The van der Waals surface area contributed by atoms with E-state index >= 15 is 0 Å². The summed E-state index contributed by atoms with van der Waals surface area (Å²) in [4.78, 5) is 12.0. The molecule has 2 aromatic carbocycles. The number of carbonyl (C=O) groups is 1. The highest BCUT2D eigenvalue weighted by atomic mass is 35.5. The van der Waals surface area contributed by atoms with E-state index in [-0.39, 0.29) is 12.5 Å². The van der Waals surface area contributed by atoms with Crippen molar-refractivity contribution in [2.45, 2.75) is 128 Å². The van der Waals surface area contributed by atoms with Gasteiger partial charge in [0.1, 0.15) is 11.9 Å². The third-order valence-corrected chi connectivity index (χ3v) is 8.22. The molecule has 3 nitrogen and oxygen atoms in total. The van der Waals surface area contributed by atoms with Crippen LogP contribution in [0.3, 0.4) is 0 Å². The Bertz CT molecular complexity index is 969. The molecule has 1 aliphatic carbocycles. The number of esters is 1. The Morgan fingerprint density at radius 3 is 2.10 bits per heavy atom. The van der Waals surface area contributed by atoms with Crippen molar-refractivity contribution in [3.05, 3.63) is 53.1 Å². The molecular weight excluding hydrogens is 511 g/mol. The van der Waals surface area contributed by atoms with Crippen molar-refractivity contribution in [3.8, 4) is 16.9 Å². The third kappa shape index (κ3) is 10.8. The van der Waals surface area contributed by atoms with Crippen molar-refractivity contribution in [1.29, 1.82) is 0 Å². The van der Waals surface area contributed by atoms with Gasteiger partial charge in [0.05, 0.1) is 11.6 Å². The Kier molecular flexibility index (Phi) is 14.2. The number of carbonyl (C=O) groups excluding carboxylic acids is 1. The van der Waals surface area contributed by atoms with E-state index in [4.69, 9.17) is 21.1 Å². The van der Waals surface area contributed by atoms with Gasteiger partial charge < -0.3 is 9.47 Å². The highest BCUT2D eigenvalue weighted by Gasteiger charge is 2.27. The summed E-state index contributed by atoms with van der Waals surface area (Å²) in [6.07, 6.45) is 13.9. The van der Waals surface area contributed by atoms with Gasteiger partial charge in [-0.2, -0.15) is 0 Å². The second-order valence-electron chi connectivity index (χ2n) is 11.1. The number of benzene rings is 2. The zero-order chi connectivity index (χ0) is 27.9. The molecule has 1 aliphatic rings. The summed E-state index contributed by atoms with van der Waals surface area (Å²) >= 11 is 6.55. The van der Waals surface area contributed by atoms with Crippen LogP contribution in [0.25, 0.3) is 11.1 Å². The minimum atomic E-state index is -1.49. The molecule has 0 bridgehead atoms. The largest absolute Gasteiger partial charge is 0.492 e. The van der Waals surface area contributed by atoms with E-state index in [1.54, 1.807) is 0 Å². The molecule has 0 radical (unpaired) electrons. The van der Waals surface area contributed by atoms with Gasteiger partial charge in [-0.1, -0.05) is 114 Å². The number of ether oxygens (including phenoxy) is 2. The van der Waals surface area contributed by atoms with Gasteiger partial charge in [-0.05, 0) is 73.3 Å². The Morgan fingerprint density at radius 1 is 0.846 bits per heavy atom. The number of halogens is 2. The first kappa shape index (κ1) is 31.5. The number of hydrogen-bond acceptors (Lipinski definition) is 3. The van der Waals surface area contributed by atoms with Gasteiger partial charge in [0, 0.05) is 0 Å². The maximum absolute atomic E-state index is 14.0. The highest BCUT2D eigenvalue weighted by molar-refractivity contribution is 6.32. The summed E-state index contributed by atoms with van der Waals surface area (Å²) < 4.78 is 25.4. The molecule has 0 aliphatic heterocycles. The Balaban J connectivity index is 1.41. The summed E-state index contributed by atoms with van der Waals surface area (Å²) in [6.45, 7) is 4.95. The third-order valence-electron chi connectivity index (χ3n) is 7.93. The molecule has 1 saturated carbocycles. The first-order valence-corrected chi connectivity index (χ1v) is 15.8. The van der Waals surface area contributed by atoms with Crippen LogP contribution in [-0.4, -0.2) is 24.9 Å². The zero-order valence-electron chi connectivity index (χ0n) is 24.1. The predicted molar refractivity (Wildman–Crippen MR) is 161 cm³/mol. The lowest BCUT2D eigenvalue weighted by atomic mass is 9.82. The van der Waals surface area contributed by atoms with Crippen molar-refractivity contribution in [2.75, 3.05) is 6.61 Å². The lowest BCUT2D eigenvalue weighted by molar-refractivity contribution is -0.157. The van der Waals surface area contributed by atoms with E-state index < -0.39 is 12.1 Å². The number of hydrogen-bond donors (Lipinski definition) is 0. The SMILES string of the molecule is CCCCCCCCCCOc1ccc(-c2ccc(C3CCC(OC(=O)[C@@H](F)CCCC)CC3)cc2)cc1Cl. The molecule has 216 valence electrons. The quantitative estimate of drug-likeness (QED) is 0.143. The maximum atomic E-state index is 14.0. The van der Waals surface area contributed by atoms with Gasteiger partial charge in [-0.15, -0.1) is 0 Å². The van der Waals surface area contributed by atoms with Crippen LogP contribution in [0.1, 0.15) is 122 Å². The van der Waals surface area contributed by atoms with E-state index in [1.807, 2.05) is 19.1 Å². The molecule has 39 heavy (non-hydrogen) atoms. The van der Waals surface area contributed by atoms with Crippen LogP contribution in [-0.2, 0) is 9.53 Å². The van der Waals surface area contributed by atoms with E-state index in [1.165, 1.54) is 50.5 Å². The fourth-order valence-corrected chi connectivity index (χ4v) is 5.65. The Labute approximate surface area is 240 Å². The monoisotopic (exact) mass is 558 g/mol. The first-order valence-electron chi connectivity index (χ1n) is 15.4. The molecular formula is C34H48ClFO3. The summed E-state index contributed by atoms with van der Waals surface area (Å²) in [5, 5.41) is 0.647. The van der Waals surface area contributed by atoms with Crippen LogP contribution in [0.4, 0.5) is 4.39 Å². The minimum Gasteiger partial charge on any atom is -0.492 e. The number of unbranched alkanes of at least 4 members (excludes halogenated alkanes) is 8. The van der Waals surface area contributed by atoms with Crippen LogP contribution in [0.15, 0.2) is 42.5 Å². The Morgan fingerprint density at radius 2 is 1.46 bits per heavy atom. The molecule has 5 heteroatoms. The van der Waals surface area contributed by atoms with Gasteiger partial charge in [0.15, 0.2) is 6.17 Å². The normalized spacial score (nSPS) is 18.1. The summed E-state index contributed by atoms with van der Waals surface area (Å²) in [5.41, 5.74) is 3.50. The zero-order valence-corrected chi connectivity index (χ0v) is 24.8. The van der Waals surface area contributed by atoms with E-state index in [0.29, 0.717) is 24.0 Å². The number of rotatable bonds is 17. The van der Waals surface area contributed by atoms with Crippen LogP contribution >= 0.6 is 11.6 Å². The second kappa shape index (κ2) is 17.6.